The molecule has 1 aromatic carbocycles. The van der Waals surface area contributed by atoms with Crippen molar-refractivity contribution in [3.63, 3.8) is 0 Å². The molecule has 0 amide bonds. The number of ether oxygens (including phenoxy) is 1. The number of nitrogens with zero attached hydrogens (tertiary/aromatic N) is 3. The third-order valence-electron chi connectivity index (χ3n) is 3.05. The monoisotopic (exact) mass is 475 g/mol. The van der Waals surface area contributed by atoms with Crippen LogP contribution in [-0.2, 0) is 14.2 Å². The smallest absolute Gasteiger partial charge is 0.250 e. The van der Waals surface area contributed by atoms with Gasteiger partial charge in [0.15, 0.2) is 17.5 Å². The van der Waals surface area contributed by atoms with Crippen LogP contribution in [0.3, 0.4) is 0 Å². The third kappa shape index (κ3) is 5.73. The van der Waals surface area contributed by atoms with Crippen molar-refractivity contribution in [1.29, 1.82) is 0 Å². The Kier molecular flexibility index (Phi) is 7.24. The van der Waals surface area contributed by atoms with Crippen molar-refractivity contribution in [2.24, 2.45) is 0 Å². The van der Waals surface area contributed by atoms with Crippen LogP contribution in [0.2, 0.25) is 0 Å². The molecule has 0 spiro atoms. The Hall–Kier alpha value is -0.530. The summed E-state index contributed by atoms with van der Waals surface area (Å²) in [6.07, 6.45) is 3.19. The Morgan fingerprint density at radius 2 is 1.54 bits per heavy atom. The fourth-order valence-corrected chi connectivity index (χ4v) is 2.38. The molecule has 1 heterocycles. The number of benzene rings is 1. The van der Waals surface area contributed by atoms with Crippen molar-refractivity contribution in [2.75, 3.05) is 7.11 Å². The largest absolute Gasteiger partial charge is 0.496 e. The fraction of sp³-hybridized carbons (Fsp3) is 0.267. The molecule has 1 aromatic heterocycles. The van der Waals surface area contributed by atoms with Crippen LogP contribution < -0.4 is 4.74 Å². The first kappa shape index (κ1) is 21.8. The van der Waals surface area contributed by atoms with Gasteiger partial charge in [0.1, 0.15) is 5.75 Å². The summed E-state index contributed by atoms with van der Waals surface area (Å²) in [6.45, 7) is -0.104. The van der Waals surface area contributed by atoms with Gasteiger partial charge in [-0.05, 0) is 23.8 Å². The topological polar surface area (TPSA) is 68.1 Å². The van der Waals surface area contributed by atoms with E-state index >= 15 is 0 Å². The number of aliphatic hydroxyl groups is 1. The highest BCUT2D eigenvalue weighted by Crippen LogP contribution is 2.40. The second-order valence-corrected chi connectivity index (χ2v) is 9.47. The molecule has 0 aliphatic rings. The molecule has 5 nitrogen and oxygen atoms in total. The lowest BCUT2D eigenvalue weighted by Gasteiger charge is -2.14. The van der Waals surface area contributed by atoms with E-state index in [9.17, 15) is 5.11 Å². The SMILES string of the molecule is COc1cc(CO)ccc1C=Cc1nc(C(Cl)(Cl)Cl)nc(C(Cl)(Cl)Cl)n1. The summed E-state index contributed by atoms with van der Waals surface area (Å²) in [5, 5.41) is 9.19. The first-order chi connectivity index (χ1) is 12.0. The fourth-order valence-electron chi connectivity index (χ4n) is 1.88. The first-order valence-electron chi connectivity index (χ1n) is 6.91. The van der Waals surface area contributed by atoms with Crippen molar-refractivity contribution < 1.29 is 9.84 Å². The predicted molar refractivity (Wildman–Crippen MR) is 106 cm³/mol. The average Bonchev–Trinajstić information content (AvgIpc) is 2.58. The summed E-state index contributed by atoms with van der Waals surface area (Å²) in [4.78, 5) is 12.0. The Morgan fingerprint density at radius 1 is 0.962 bits per heavy atom. The Morgan fingerprint density at radius 3 is 2.00 bits per heavy atom. The molecule has 26 heavy (non-hydrogen) atoms. The van der Waals surface area contributed by atoms with E-state index < -0.39 is 7.59 Å². The number of rotatable bonds is 4. The van der Waals surface area contributed by atoms with E-state index in [1.807, 2.05) is 0 Å². The Balaban J connectivity index is 2.47. The van der Waals surface area contributed by atoms with Gasteiger partial charge in [-0.3, -0.25) is 0 Å². The van der Waals surface area contributed by atoms with Gasteiger partial charge in [0, 0.05) is 5.56 Å². The number of methoxy groups -OCH3 is 1. The van der Waals surface area contributed by atoms with E-state index in [4.69, 9.17) is 74.3 Å². The number of halogens is 6. The number of hydrogen-bond acceptors (Lipinski definition) is 5. The van der Waals surface area contributed by atoms with Gasteiger partial charge in [0.2, 0.25) is 7.59 Å². The molecular weight excluding hydrogens is 467 g/mol. The molecule has 0 bridgehead atoms. The van der Waals surface area contributed by atoms with Gasteiger partial charge in [-0.2, -0.15) is 0 Å². The Labute approximate surface area is 179 Å². The minimum atomic E-state index is -1.92. The van der Waals surface area contributed by atoms with Crippen LogP contribution >= 0.6 is 69.6 Å². The molecular formula is C15H11Cl6N3O2. The van der Waals surface area contributed by atoms with Gasteiger partial charge in [0.25, 0.3) is 0 Å². The van der Waals surface area contributed by atoms with E-state index in [1.165, 1.54) is 13.2 Å². The molecule has 0 radical (unpaired) electrons. The van der Waals surface area contributed by atoms with Crippen molar-refractivity contribution in [1.82, 2.24) is 15.0 Å². The lowest BCUT2D eigenvalue weighted by Crippen LogP contribution is -2.16. The zero-order chi connectivity index (χ0) is 19.5. The average molecular weight is 478 g/mol. The summed E-state index contributed by atoms with van der Waals surface area (Å²) in [5.74, 6) is 0.308. The van der Waals surface area contributed by atoms with Gasteiger partial charge in [-0.15, -0.1) is 0 Å². The molecule has 0 unspecified atom stereocenters. The molecule has 0 fully saturated rings. The van der Waals surface area contributed by atoms with Crippen molar-refractivity contribution in [3.8, 4) is 5.75 Å². The van der Waals surface area contributed by atoms with Crippen LogP contribution in [0, 0.1) is 0 Å². The van der Waals surface area contributed by atoms with Gasteiger partial charge >= 0.3 is 0 Å². The van der Waals surface area contributed by atoms with Crippen LogP contribution in [0.1, 0.15) is 28.6 Å². The number of alkyl halides is 6. The maximum Gasteiger partial charge on any atom is 0.250 e. The van der Waals surface area contributed by atoms with Crippen LogP contribution in [-0.4, -0.2) is 27.2 Å². The van der Waals surface area contributed by atoms with Gasteiger partial charge in [0.05, 0.1) is 13.7 Å². The van der Waals surface area contributed by atoms with E-state index in [1.54, 1.807) is 24.3 Å². The number of hydrogen-bond donors (Lipinski definition) is 1. The second kappa shape index (κ2) is 8.65. The zero-order valence-electron chi connectivity index (χ0n) is 13.1. The van der Waals surface area contributed by atoms with E-state index in [0.29, 0.717) is 16.9 Å². The van der Waals surface area contributed by atoms with Crippen LogP contribution in [0.5, 0.6) is 5.75 Å². The zero-order valence-corrected chi connectivity index (χ0v) is 17.6. The predicted octanol–water partition coefficient (Wildman–Crippen LogP) is 5.20. The molecule has 2 aromatic rings. The maximum atomic E-state index is 9.19. The molecule has 0 saturated carbocycles. The standard InChI is InChI=1S/C15H11Cl6N3O2/c1-26-10-6-8(7-25)2-3-9(10)4-5-11-22-12(14(16,17)18)24-13(23-11)15(19,20)21/h2-6,25H,7H2,1H3. The van der Waals surface area contributed by atoms with Crippen molar-refractivity contribution in [3.05, 3.63) is 46.8 Å². The van der Waals surface area contributed by atoms with Gasteiger partial charge < -0.3 is 9.84 Å². The second-order valence-electron chi connectivity index (χ2n) is 4.90. The lowest BCUT2D eigenvalue weighted by molar-refractivity contribution is 0.281. The van der Waals surface area contributed by atoms with E-state index in [0.717, 1.165) is 0 Å². The Bertz CT molecular complexity index is 786. The number of aromatic nitrogens is 3. The number of aliphatic hydroxyl groups excluding tert-OH is 1. The van der Waals surface area contributed by atoms with Gasteiger partial charge in [-0.1, -0.05) is 81.7 Å². The summed E-state index contributed by atoms with van der Waals surface area (Å²) in [6, 6.07) is 5.20. The summed E-state index contributed by atoms with van der Waals surface area (Å²) in [5.41, 5.74) is 1.41. The molecule has 0 atom stereocenters. The molecule has 11 heteroatoms. The van der Waals surface area contributed by atoms with Crippen molar-refractivity contribution in [2.45, 2.75) is 14.2 Å². The molecule has 0 aliphatic heterocycles. The molecule has 140 valence electrons. The summed E-state index contributed by atoms with van der Waals surface area (Å²) < 4.78 is 1.45. The quantitative estimate of drug-likeness (QED) is 0.613. The lowest BCUT2D eigenvalue weighted by atomic mass is 10.1. The highest BCUT2D eigenvalue weighted by atomic mass is 35.6. The van der Waals surface area contributed by atoms with Crippen molar-refractivity contribution >= 4 is 81.8 Å². The van der Waals surface area contributed by atoms with Crippen LogP contribution in [0.25, 0.3) is 12.2 Å². The van der Waals surface area contributed by atoms with E-state index in [-0.39, 0.29) is 24.1 Å². The normalized spacial score (nSPS) is 12.6. The minimum absolute atomic E-state index is 0.104. The highest BCUT2D eigenvalue weighted by molar-refractivity contribution is 6.67. The molecule has 2 rings (SSSR count). The summed E-state index contributed by atoms with van der Waals surface area (Å²) in [7, 11) is 1.51. The van der Waals surface area contributed by atoms with E-state index in [2.05, 4.69) is 15.0 Å². The first-order valence-corrected chi connectivity index (χ1v) is 9.17. The highest BCUT2D eigenvalue weighted by Gasteiger charge is 2.33. The molecule has 0 saturated heterocycles. The van der Waals surface area contributed by atoms with Gasteiger partial charge in [-0.25, -0.2) is 15.0 Å². The third-order valence-corrected chi connectivity index (χ3v) is 4.07. The molecule has 0 aliphatic carbocycles. The molecule has 1 N–H and O–H groups in total. The maximum absolute atomic E-state index is 9.19. The summed E-state index contributed by atoms with van der Waals surface area (Å²) >= 11 is 35.0. The minimum Gasteiger partial charge on any atom is -0.496 e. The van der Waals surface area contributed by atoms with Crippen LogP contribution in [0.15, 0.2) is 18.2 Å². The van der Waals surface area contributed by atoms with Crippen LogP contribution in [0.4, 0.5) is 0 Å².